The number of likely N-dealkylation sites (N-methyl/N-ethyl adjacent to an activating group) is 3. The fourth-order valence-electron chi connectivity index (χ4n) is 4.91. The highest BCUT2D eigenvalue weighted by Gasteiger charge is 2.41. The molecule has 0 saturated carbocycles. The fourth-order valence-corrected chi connectivity index (χ4v) is 4.91. The van der Waals surface area contributed by atoms with Crippen LogP contribution in [0, 0.1) is 0 Å². The standard InChI is InChI=1S/C11H22N2.C8H16N2.CH4/c1-9(2)13-7-10-5-4-6-11(8-13)12(10)3;1-3-10-5-7-4-8(6-10)9(7)2;/h9-11H,4-8H2,1-3H3;7-8H,3-6H2,1-2H3;1H4. The van der Waals surface area contributed by atoms with E-state index in [1.54, 1.807) is 0 Å². The molecule has 0 N–H and O–H groups in total. The topological polar surface area (TPSA) is 13.0 Å². The Balaban J connectivity index is 0.000000172. The lowest BCUT2D eigenvalue weighted by molar-refractivity contribution is -0.0483. The molecule has 4 nitrogen and oxygen atoms in total. The lowest BCUT2D eigenvalue weighted by atomic mass is 9.88. The molecule has 5 fully saturated rings. The number of fused-ring (bicyclic) bond motifs is 4. The first kappa shape index (κ1) is 20.2. The van der Waals surface area contributed by atoms with Crippen molar-refractivity contribution in [2.45, 2.75) is 84.1 Å². The highest BCUT2D eigenvalue weighted by molar-refractivity contribution is 4.98. The summed E-state index contributed by atoms with van der Waals surface area (Å²) >= 11 is 0. The number of hydrogen-bond acceptors (Lipinski definition) is 4. The molecule has 4 heteroatoms. The molecule has 0 aliphatic carbocycles. The van der Waals surface area contributed by atoms with Crippen molar-refractivity contribution in [3.05, 3.63) is 0 Å². The second kappa shape index (κ2) is 8.48. The summed E-state index contributed by atoms with van der Waals surface area (Å²) in [7, 11) is 4.57. The van der Waals surface area contributed by atoms with Crippen LogP contribution in [-0.4, -0.2) is 96.6 Å². The van der Waals surface area contributed by atoms with E-state index in [1.165, 1.54) is 58.4 Å². The van der Waals surface area contributed by atoms with Crippen LogP contribution in [-0.2, 0) is 0 Å². The first-order valence-electron chi connectivity index (χ1n) is 9.89. The molecule has 0 amide bonds. The first-order valence-corrected chi connectivity index (χ1v) is 9.89. The van der Waals surface area contributed by atoms with Gasteiger partial charge in [0.1, 0.15) is 0 Å². The summed E-state index contributed by atoms with van der Waals surface area (Å²) in [5.41, 5.74) is 0. The summed E-state index contributed by atoms with van der Waals surface area (Å²) in [4.78, 5) is 10.3. The quantitative estimate of drug-likeness (QED) is 0.767. The lowest BCUT2D eigenvalue weighted by Gasteiger charge is -2.54. The van der Waals surface area contributed by atoms with Crippen LogP contribution in [0.15, 0.2) is 0 Å². The van der Waals surface area contributed by atoms with Gasteiger partial charge < -0.3 is 4.90 Å². The maximum absolute atomic E-state index is 2.65. The maximum atomic E-state index is 2.65. The van der Waals surface area contributed by atoms with Gasteiger partial charge in [0.25, 0.3) is 0 Å². The monoisotopic (exact) mass is 338 g/mol. The van der Waals surface area contributed by atoms with E-state index < -0.39 is 0 Å². The van der Waals surface area contributed by atoms with Crippen molar-refractivity contribution in [1.82, 2.24) is 19.6 Å². The van der Waals surface area contributed by atoms with E-state index in [4.69, 9.17) is 0 Å². The third-order valence-corrected chi connectivity index (χ3v) is 6.93. The van der Waals surface area contributed by atoms with E-state index in [0.29, 0.717) is 0 Å². The Morgan fingerprint density at radius 2 is 1.33 bits per heavy atom. The van der Waals surface area contributed by atoms with Crippen LogP contribution < -0.4 is 0 Å². The molecule has 5 aliphatic heterocycles. The zero-order chi connectivity index (χ0) is 16.6. The molecule has 0 spiro atoms. The normalized spacial score (nSPS) is 37.2. The molecular weight excluding hydrogens is 296 g/mol. The Kier molecular flexibility index (Phi) is 7.12. The van der Waals surface area contributed by atoms with Crippen LogP contribution in [0.4, 0.5) is 0 Å². The maximum Gasteiger partial charge on any atom is 0.0238 e. The third kappa shape index (κ3) is 4.14. The third-order valence-electron chi connectivity index (χ3n) is 6.93. The Morgan fingerprint density at radius 1 is 0.833 bits per heavy atom. The van der Waals surface area contributed by atoms with E-state index in [0.717, 1.165) is 30.2 Å². The Hall–Kier alpha value is -0.160. The molecule has 0 aromatic carbocycles. The largest absolute Gasteiger partial charge is 0.301 e. The average Bonchev–Trinajstić information content (AvgIpc) is 2.54. The lowest BCUT2D eigenvalue weighted by Crippen LogP contribution is -2.66. The number of hydrogen-bond donors (Lipinski definition) is 0. The van der Waals surface area contributed by atoms with E-state index in [1.807, 2.05) is 0 Å². The van der Waals surface area contributed by atoms with Crippen molar-refractivity contribution in [2.24, 2.45) is 0 Å². The van der Waals surface area contributed by atoms with Crippen molar-refractivity contribution < 1.29 is 0 Å². The molecule has 5 heterocycles. The van der Waals surface area contributed by atoms with Crippen molar-refractivity contribution in [3.63, 3.8) is 0 Å². The van der Waals surface area contributed by atoms with Gasteiger partial charge in [-0.15, -0.1) is 0 Å². The Labute approximate surface area is 151 Å². The summed E-state index contributed by atoms with van der Waals surface area (Å²) in [6, 6.07) is 4.19. The van der Waals surface area contributed by atoms with Gasteiger partial charge in [-0.25, -0.2) is 0 Å². The highest BCUT2D eigenvalue weighted by atomic mass is 15.3. The van der Waals surface area contributed by atoms with E-state index in [9.17, 15) is 0 Å². The number of likely N-dealkylation sites (tertiary alicyclic amines) is 1. The number of piperazine rings is 2. The SMILES string of the molecule is C.CC(C)N1CC2CCCC(C1)N2C.CCN1CC2CC(C1)N2C. The van der Waals surface area contributed by atoms with Gasteiger partial charge in [-0.05, 0) is 53.8 Å². The van der Waals surface area contributed by atoms with Crippen molar-refractivity contribution >= 4 is 0 Å². The van der Waals surface area contributed by atoms with Gasteiger partial charge in [0.2, 0.25) is 0 Å². The molecule has 142 valence electrons. The van der Waals surface area contributed by atoms with Gasteiger partial charge in [-0.2, -0.15) is 0 Å². The van der Waals surface area contributed by atoms with Gasteiger partial charge >= 0.3 is 0 Å². The molecular formula is C20H42N4. The van der Waals surface area contributed by atoms with Gasteiger partial charge in [0.05, 0.1) is 0 Å². The van der Waals surface area contributed by atoms with Crippen LogP contribution >= 0.6 is 0 Å². The molecule has 0 aromatic heterocycles. The van der Waals surface area contributed by atoms with Crippen LogP contribution in [0.25, 0.3) is 0 Å². The van der Waals surface area contributed by atoms with Gasteiger partial charge in [-0.1, -0.05) is 20.8 Å². The van der Waals surface area contributed by atoms with Crippen molar-refractivity contribution in [1.29, 1.82) is 0 Å². The second-order valence-corrected chi connectivity index (χ2v) is 8.51. The van der Waals surface area contributed by atoms with Crippen molar-refractivity contribution in [3.8, 4) is 0 Å². The minimum atomic E-state index is 0. The zero-order valence-electron chi connectivity index (χ0n) is 16.0. The molecule has 0 aromatic rings. The molecule has 5 rings (SSSR count). The summed E-state index contributed by atoms with van der Waals surface area (Å²) < 4.78 is 0. The molecule has 0 radical (unpaired) electrons. The molecule has 5 aliphatic rings. The van der Waals surface area contributed by atoms with Crippen LogP contribution in [0.2, 0.25) is 0 Å². The fraction of sp³-hybridized carbons (Fsp3) is 1.00. The molecule has 4 atom stereocenters. The first-order chi connectivity index (χ1) is 11.0. The second-order valence-electron chi connectivity index (χ2n) is 8.51. The predicted octanol–water partition coefficient (Wildman–Crippen LogP) is 2.59. The molecule has 5 saturated heterocycles. The molecule has 24 heavy (non-hydrogen) atoms. The van der Waals surface area contributed by atoms with Gasteiger partial charge in [-0.3, -0.25) is 14.7 Å². The zero-order valence-corrected chi connectivity index (χ0v) is 16.0. The minimum absolute atomic E-state index is 0. The van der Waals surface area contributed by atoms with E-state index >= 15 is 0 Å². The van der Waals surface area contributed by atoms with E-state index in [-0.39, 0.29) is 7.43 Å². The average molecular weight is 339 g/mol. The number of rotatable bonds is 2. The number of nitrogens with zero attached hydrogens (tertiary/aromatic N) is 4. The summed E-state index contributed by atoms with van der Waals surface area (Å²) in [6.45, 7) is 13.3. The van der Waals surface area contributed by atoms with Crippen LogP contribution in [0.5, 0.6) is 0 Å². The smallest absolute Gasteiger partial charge is 0.0238 e. The molecule has 4 unspecified atom stereocenters. The molecule has 4 bridgehead atoms. The summed E-state index contributed by atoms with van der Waals surface area (Å²) in [6.07, 6.45) is 5.73. The van der Waals surface area contributed by atoms with Crippen molar-refractivity contribution in [2.75, 3.05) is 46.8 Å². The van der Waals surface area contributed by atoms with Gasteiger partial charge in [0.15, 0.2) is 0 Å². The van der Waals surface area contributed by atoms with Crippen LogP contribution in [0.1, 0.15) is 53.9 Å². The van der Waals surface area contributed by atoms with E-state index in [2.05, 4.69) is 54.5 Å². The summed E-state index contributed by atoms with van der Waals surface area (Å²) in [5, 5.41) is 0. The Morgan fingerprint density at radius 3 is 1.75 bits per heavy atom. The Bertz CT molecular complexity index is 360. The predicted molar refractivity (Wildman–Crippen MR) is 105 cm³/mol. The van der Waals surface area contributed by atoms with Gasteiger partial charge in [0, 0.05) is 56.4 Å². The van der Waals surface area contributed by atoms with Crippen LogP contribution in [0.3, 0.4) is 0 Å². The highest BCUT2D eigenvalue weighted by Crippen LogP contribution is 2.29. The minimum Gasteiger partial charge on any atom is -0.301 e. The summed E-state index contributed by atoms with van der Waals surface area (Å²) in [5.74, 6) is 0. The number of piperidine rings is 2.